The van der Waals surface area contributed by atoms with Gasteiger partial charge in [-0.25, -0.2) is 4.98 Å². The number of rotatable bonds is 5. The molecule has 0 bridgehead atoms. The number of carbonyl (C=O) groups is 3. The Morgan fingerprint density at radius 2 is 1.93 bits per heavy atom. The van der Waals surface area contributed by atoms with Gasteiger partial charge in [0, 0.05) is 36.5 Å². The Morgan fingerprint density at radius 1 is 1.15 bits per heavy atom. The molecule has 0 saturated heterocycles. The number of amides is 3. The zero-order valence-electron chi connectivity index (χ0n) is 15.0. The summed E-state index contributed by atoms with van der Waals surface area (Å²) in [7, 11) is 0. The standard InChI is InChI=1S/C20H22N4O3/c25-18(22-9-8-14-11-21-12-23-14)13-6-7-16-17(10-13)20(27)24(19(16)26)15-4-2-1-3-5-15/h6-7,10-12,15H,1-5,8-9H2,(H,21,23)(H,22,25). The van der Waals surface area contributed by atoms with Crippen LogP contribution in [0.3, 0.4) is 0 Å². The topological polar surface area (TPSA) is 95.2 Å². The Labute approximate surface area is 157 Å². The molecular weight excluding hydrogens is 344 g/mol. The molecule has 0 unspecified atom stereocenters. The number of H-pyrrole nitrogens is 1. The van der Waals surface area contributed by atoms with E-state index in [1.54, 1.807) is 30.7 Å². The first kappa shape index (κ1) is 17.5. The van der Waals surface area contributed by atoms with Gasteiger partial charge in [-0.2, -0.15) is 0 Å². The summed E-state index contributed by atoms with van der Waals surface area (Å²) in [5.74, 6) is -0.754. The summed E-state index contributed by atoms with van der Waals surface area (Å²) < 4.78 is 0. The molecule has 1 aromatic carbocycles. The maximum absolute atomic E-state index is 12.8. The van der Waals surface area contributed by atoms with Gasteiger partial charge in [-0.15, -0.1) is 0 Å². The third-order valence-electron chi connectivity index (χ3n) is 5.35. The van der Waals surface area contributed by atoms with Crippen molar-refractivity contribution in [3.8, 4) is 0 Å². The van der Waals surface area contributed by atoms with E-state index in [9.17, 15) is 14.4 Å². The summed E-state index contributed by atoms with van der Waals surface area (Å²) in [6, 6.07) is 4.74. The lowest BCUT2D eigenvalue weighted by Gasteiger charge is -2.29. The van der Waals surface area contributed by atoms with Gasteiger partial charge in [-0.1, -0.05) is 19.3 Å². The first-order valence-electron chi connectivity index (χ1n) is 9.42. The van der Waals surface area contributed by atoms with Gasteiger partial charge in [0.05, 0.1) is 17.5 Å². The summed E-state index contributed by atoms with van der Waals surface area (Å²) in [6.45, 7) is 0.458. The lowest BCUT2D eigenvalue weighted by atomic mass is 9.94. The number of fused-ring (bicyclic) bond motifs is 1. The van der Waals surface area contributed by atoms with Gasteiger partial charge in [0.2, 0.25) is 0 Å². The molecule has 4 rings (SSSR count). The first-order chi connectivity index (χ1) is 13.1. The summed E-state index contributed by atoms with van der Waals surface area (Å²) >= 11 is 0. The lowest BCUT2D eigenvalue weighted by Crippen LogP contribution is -2.40. The van der Waals surface area contributed by atoms with Crippen LogP contribution in [-0.4, -0.2) is 45.2 Å². The molecule has 0 radical (unpaired) electrons. The fourth-order valence-corrected chi connectivity index (χ4v) is 3.91. The fraction of sp³-hybridized carbons (Fsp3) is 0.400. The Kier molecular flexibility index (Phi) is 4.75. The van der Waals surface area contributed by atoms with Gasteiger partial charge >= 0.3 is 0 Å². The highest BCUT2D eigenvalue weighted by atomic mass is 16.2. The predicted octanol–water partition coefficient (Wildman–Crippen LogP) is 2.31. The average Bonchev–Trinajstić information content (AvgIpc) is 3.29. The predicted molar refractivity (Wildman–Crippen MR) is 98.4 cm³/mol. The Hall–Kier alpha value is -2.96. The highest BCUT2D eigenvalue weighted by Gasteiger charge is 2.40. The number of imide groups is 1. The van der Waals surface area contributed by atoms with Crippen LogP contribution in [0.25, 0.3) is 0 Å². The van der Waals surface area contributed by atoms with E-state index in [2.05, 4.69) is 15.3 Å². The number of nitrogens with one attached hydrogen (secondary N) is 2. The van der Waals surface area contributed by atoms with Crippen molar-refractivity contribution < 1.29 is 14.4 Å². The zero-order valence-corrected chi connectivity index (χ0v) is 15.0. The highest BCUT2D eigenvalue weighted by molar-refractivity contribution is 6.22. The van der Waals surface area contributed by atoms with Crippen molar-refractivity contribution in [2.75, 3.05) is 6.54 Å². The molecule has 2 aliphatic rings. The minimum Gasteiger partial charge on any atom is -0.352 e. The highest BCUT2D eigenvalue weighted by Crippen LogP contribution is 2.31. The molecule has 3 amide bonds. The number of aromatic amines is 1. The van der Waals surface area contributed by atoms with Crippen LogP contribution in [-0.2, 0) is 6.42 Å². The monoisotopic (exact) mass is 366 g/mol. The molecule has 2 heterocycles. The molecule has 1 aromatic heterocycles. The van der Waals surface area contributed by atoms with Crippen LogP contribution in [0.1, 0.15) is 68.9 Å². The molecule has 2 N–H and O–H groups in total. The van der Waals surface area contributed by atoms with Gasteiger partial charge in [0.15, 0.2) is 0 Å². The van der Waals surface area contributed by atoms with Crippen molar-refractivity contribution in [2.45, 2.75) is 44.6 Å². The lowest BCUT2D eigenvalue weighted by molar-refractivity contribution is 0.0549. The van der Waals surface area contributed by atoms with Crippen LogP contribution in [0.5, 0.6) is 0 Å². The molecule has 1 aliphatic heterocycles. The second-order valence-corrected chi connectivity index (χ2v) is 7.12. The number of carbonyl (C=O) groups excluding carboxylic acids is 3. The van der Waals surface area contributed by atoms with Crippen LogP contribution in [0, 0.1) is 0 Å². The largest absolute Gasteiger partial charge is 0.352 e. The normalized spacial score (nSPS) is 17.3. The van der Waals surface area contributed by atoms with Crippen molar-refractivity contribution in [3.05, 3.63) is 53.1 Å². The van der Waals surface area contributed by atoms with E-state index in [0.717, 1.165) is 37.8 Å². The van der Waals surface area contributed by atoms with Gasteiger partial charge in [0.1, 0.15) is 0 Å². The quantitative estimate of drug-likeness (QED) is 0.794. The van der Waals surface area contributed by atoms with Crippen molar-refractivity contribution in [1.82, 2.24) is 20.2 Å². The second-order valence-electron chi connectivity index (χ2n) is 7.12. The van der Waals surface area contributed by atoms with Crippen molar-refractivity contribution in [2.24, 2.45) is 0 Å². The van der Waals surface area contributed by atoms with E-state index < -0.39 is 0 Å². The van der Waals surface area contributed by atoms with Crippen molar-refractivity contribution in [3.63, 3.8) is 0 Å². The number of imidazole rings is 1. The molecule has 140 valence electrons. The summed E-state index contributed by atoms with van der Waals surface area (Å²) in [6.07, 6.45) is 8.93. The van der Waals surface area contributed by atoms with Gasteiger partial charge < -0.3 is 10.3 Å². The fourth-order valence-electron chi connectivity index (χ4n) is 3.91. The third-order valence-corrected chi connectivity index (χ3v) is 5.35. The summed E-state index contributed by atoms with van der Waals surface area (Å²) in [4.78, 5) is 46.2. The van der Waals surface area contributed by atoms with E-state index in [1.807, 2.05) is 0 Å². The van der Waals surface area contributed by atoms with Crippen LogP contribution >= 0.6 is 0 Å². The number of hydrogen-bond donors (Lipinski definition) is 2. The van der Waals surface area contributed by atoms with Gasteiger partial charge in [-0.05, 0) is 31.0 Å². The second kappa shape index (κ2) is 7.34. The van der Waals surface area contributed by atoms with Crippen molar-refractivity contribution in [1.29, 1.82) is 0 Å². The minimum absolute atomic E-state index is 0.0159. The number of nitrogens with zero attached hydrogens (tertiary/aromatic N) is 2. The number of hydrogen-bond acceptors (Lipinski definition) is 4. The third kappa shape index (κ3) is 3.37. The summed E-state index contributed by atoms with van der Waals surface area (Å²) in [5, 5.41) is 2.83. The zero-order chi connectivity index (χ0) is 18.8. The Balaban J connectivity index is 1.46. The van der Waals surface area contributed by atoms with Crippen LogP contribution in [0.4, 0.5) is 0 Å². The molecule has 7 heteroatoms. The maximum Gasteiger partial charge on any atom is 0.261 e. The molecule has 0 atom stereocenters. The molecular formula is C20H22N4O3. The molecule has 27 heavy (non-hydrogen) atoms. The van der Waals surface area contributed by atoms with Gasteiger partial charge in [-0.3, -0.25) is 19.3 Å². The number of aromatic nitrogens is 2. The van der Waals surface area contributed by atoms with Crippen molar-refractivity contribution >= 4 is 17.7 Å². The van der Waals surface area contributed by atoms with Crippen LogP contribution in [0.2, 0.25) is 0 Å². The van der Waals surface area contributed by atoms with Crippen LogP contribution < -0.4 is 5.32 Å². The Bertz CT molecular complexity index is 869. The first-order valence-corrected chi connectivity index (χ1v) is 9.42. The molecule has 2 aromatic rings. The molecule has 1 saturated carbocycles. The van der Waals surface area contributed by atoms with E-state index >= 15 is 0 Å². The number of benzene rings is 1. The Morgan fingerprint density at radius 3 is 2.67 bits per heavy atom. The summed E-state index contributed by atoms with van der Waals surface area (Å²) in [5.41, 5.74) is 2.07. The van der Waals surface area contributed by atoms with E-state index in [-0.39, 0.29) is 23.8 Å². The minimum atomic E-state index is -0.269. The molecule has 0 spiro atoms. The maximum atomic E-state index is 12.8. The average molecular weight is 366 g/mol. The SMILES string of the molecule is O=C(NCCc1cnc[nH]1)c1ccc2c(c1)C(=O)N(C1CCCCC1)C2=O. The van der Waals surface area contributed by atoms with E-state index in [4.69, 9.17) is 0 Å². The molecule has 7 nitrogen and oxygen atoms in total. The smallest absolute Gasteiger partial charge is 0.261 e. The van der Waals surface area contributed by atoms with E-state index in [0.29, 0.717) is 29.7 Å². The van der Waals surface area contributed by atoms with Gasteiger partial charge in [0.25, 0.3) is 17.7 Å². The molecule has 1 aliphatic carbocycles. The molecule has 1 fully saturated rings. The van der Waals surface area contributed by atoms with Crippen LogP contribution in [0.15, 0.2) is 30.7 Å². The van der Waals surface area contributed by atoms with E-state index in [1.165, 1.54) is 4.90 Å².